The van der Waals surface area contributed by atoms with E-state index in [0.29, 0.717) is 13.2 Å². The number of hydrazone groups is 1. The number of aryl methyl sites for hydroxylation is 1. The van der Waals surface area contributed by atoms with Crippen LogP contribution >= 0.6 is 0 Å². The number of hydrogen-bond acceptors (Lipinski definition) is 3. The molecule has 0 unspecified atom stereocenters. The average Bonchev–Trinajstić information content (AvgIpc) is 2.38. The zero-order chi connectivity index (χ0) is 12.8. The van der Waals surface area contributed by atoms with Gasteiger partial charge in [0.2, 0.25) is 5.96 Å². The molecule has 1 aromatic carbocycles. The Morgan fingerprint density at radius 2 is 2.11 bits per heavy atom. The van der Waals surface area contributed by atoms with E-state index < -0.39 is 0 Å². The number of nitrogens with two attached hydrogens (primary N) is 2. The van der Waals surface area contributed by atoms with Crippen molar-refractivity contribution in [3.05, 3.63) is 29.3 Å². The number of ether oxygens (including phenoxy) is 1. The van der Waals surface area contributed by atoms with Gasteiger partial charge in [0.1, 0.15) is 12.4 Å². The second-order valence-electron chi connectivity index (χ2n) is 4.39. The minimum Gasteiger partial charge on any atom is -0.491 e. The predicted octanol–water partition coefficient (Wildman–Crippen LogP) is 0.722. The molecule has 0 spiro atoms. The van der Waals surface area contributed by atoms with Crippen molar-refractivity contribution in [2.24, 2.45) is 16.6 Å². The first-order chi connectivity index (χ1) is 8.77. The van der Waals surface area contributed by atoms with Crippen molar-refractivity contribution in [3.63, 3.8) is 0 Å². The van der Waals surface area contributed by atoms with Gasteiger partial charge in [-0.15, -0.1) is 5.10 Å². The van der Waals surface area contributed by atoms with Crippen LogP contribution in [0.2, 0.25) is 0 Å². The second kappa shape index (κ2) is 6.14. The van der Waals surface area contributed by atoms with Crippen molar-refractivity contribution >= 4 is 5.96 Å². The summed E-state index contributed by atoms with van der Waals surface area (Å²) in [5.41, 5.74) is 15.9. The molecular weight excluding hydrogens is 228 g/mol. The molecule has 0 radical (unpaired) electrons. The van der Waals surface area contributed by atoms with Crippen molar-refractivity contribution in [1.29, 1.82) is 0 Å². The standard InChI is InChI=1S/C13H20N4O/c14-13(15)17-16-8-9-18-12-7-3-5-10-4-1-2-6-11(10)12/h3,5,7,16H,1-2,4,6,8-9H2,(H4,14,15,17). The van der Waals surface area contributed by atoms with Gasteiger partial charge in [-0.1, -0.05) is 12.1 Å². The van der Waals surface area contributed by atoms with E-state index in [4.69, 9.17) is 16.2 Å². The maximum absolute atomic E-state index is 5.77. The summed E-state index contributed by atoms with van der Waals surface area (Å²) in [4.78, 5) is 0. The Morgan fingerprint density at radius 1 is 1.28 bits per heavy atom. The van der Waals surface area contributed by atoms with E-state index in [1.54, 1.807) is 0 Å². The second-order valence-corrected chi connectivity index (χ2v) is 4.39. The Labute approximate surface area is 107 Å². The predicted molar refractivity (Wildman–Crippen MR) is 72.4 cm³/mol. The summed E-state index contributed by atoms with van der Waals surface area (Å²) in [5, 5.41) is 3.69. The molecule has 0 saturated carbocycles. The fourth-order valence-corrected chi connectivity index (χ4v) is 2.24. The molecule has 1 aliphatic carbocycles. The summed E-state index contributed by atoms with van der Waals surface area (Å²) in [6.45, 7) is 1.13. The maximum atomic E-state index is 5.77. The van der Waals surface area contributed by atoms with E-state index in [-0.39, 0.29) is 5.96 Å². The lowest BCUT2D eigenvalue weighted by Crippen LogP contribution is -2.28. The van der Waals surface area contributed by atoms with Gasteiger partial charge in [0.25, 0.3) is 0 Å². The van der Waals surface area contributed by atoms with Crippen LogP contribution in [0.1, 0.15) is 24.0 Å². The first kappa shape index (κ1) is 12.5. The number of nitrogens with zero attached hydrogens (tertiary/aromatic N) is 1. The summed E-state index contributed by atoms with van der Waals surface area (Å²) in [5.74, 6) is 1.03. The lowest BCUT2D eigenvalue weighted by Gasteiger charge is -2.19. The minimum atomic E-state index is 0.0343. The highest BCUT2D eigenvalue weighted by Gasteiger charge is 2.13. The van der Waals surface area contributed by atoms with Crippen molar-refractivity contribution in [1.82, 2.24) is 5.43 Å². The highest BCUT2D eigenvalue weighted by atomic mass is 16.5. The zero-order valence-corrected chi connectivity index (χ0v) is 10.5. The van der Waals surface area contributed by atoms with E-state index >= 15 is 0 Å². The summed E-state index contributed by atoms with van der Waals surface area (Å²) in [6, 6.07) is 6.28. The molecule has 5 heteroatoms. The van der Waals surface area contributed by atoms with Gasteiger partial charge in [0.05, 0.1) is 6.54 Å². The summed E-state index contributed by atoms with van der Waals surface area (Å²) in [7, 11) is 0. The SMILES string of the molecule is NC(N)=NNCCOc1cccc2c1CCCC2. The van der Waals surface area contributed by atoms with Crippen molar-refractivity contribution < 1.29 is 4.74 Å². The molecule has 0 aromatic heterocycles. The molecule has 0 heterocycles. The van der Waals surface area contributed by atoms with Crippen LogP contribution in [0.15, 0.2) is 23.3 Å². The molecule has 2 rings (SSSR count). The molecule has 98 valence electrons. The molecule has 5 nitrogen and oxygen atoms in total. The van der Waals surface area contributed by atoms with E-state index in [0.717, 1.165) is 12.2 Å². The molecule has 18 heavy (non-hydrogen) atoms. The number of benzene rings is 1. The molecule has 0 aliphatic heterocycles. The molecular formula is C13H20N4O. The quantitative estimate of drug-likeness (QED) is 0.310. The normalized spacial score (nSPS) is 13.6. The number of nitrogens with one attached hydrogen (secondary N) is 1. The Balaban J connectivity index is 1.88. The van der Waals surface area contributed by atoms with Crippen molar-refractivity contribution in [2.75, 3.05) is 13.2 Å². The monoisotopic (exact) mass is 248 g/mol. The molecule has 0 bridgehead atoms. The van der Waals surface area contributed by atoms with E-state index in [1.807, 2.05) is 6.07 Å². The minimum absolute atomic E-state index is 0.0343. The van der Waals surface area contributed by atoms with Gasteiger partial charge >= 0.3 is 0 Å². The Morgan fingerprint density at radius 3 is 2.94 bits per heavy atom. The molecule has 1 aromatic rings. The van der Waals surface area contributed by atoms with Crippen LogP contribution in [-0.2, 0) is 12.8 Å². The fraction of sp³-hybridized carbons (Fsp3) is 0.462. The van der Waals surface area contributed by atoms with E-state index in [2.05, 4.69) is 22.7 Å². The van der Waals surface area contributed by atoms with Crippen LogP contribution in [0, 0.1) is 0 Å². The molecule has 5 N–H and O–H groups in total. The van der Waals surface area contributed by atoms with E-state index in [9.17, 15) is 0 Å². The van der Waals surface area contributed by atoms with E-state index in [1.165, 1.54) is 30.4 Å². The fourth-order valence-electron chi connectivity index (χ4n) is 2.24. The van der Waals surface area contributed by atoms with Crippen LogP contribution in [0.4, 0.5) is 0 Å². The lowest BCUT2D eigenvalue weighted by atomic mass is 9.91. The molecule has 1 aliphatic rings. The van der Waals surface area contributed by atoms with Crippen LogP contribution < -0.4 is 21.6 Å². The smallest absolute Gasteiger partial charge is 0.208 e. The van der Waals surface area contributed by atoms with Gasteiger partial charge in [-0.3, -0.25) is 0 Å². The summed E-state index contributed by atoms with van der Waals surface area (Å²) >= 11 is 0. The average molecular weight is 248 g/mol. The Kier molecular flexibility index (Phi) is 4.28. The molecule has 0 atom stereocenters. The number of rotatable bonds is 5. The first-order valence-corrected chi connectivity index (χ1v) is 6.32. The van der Waals surface area contributed by atoms with Gasteiger partial charge < -0.3 is 21.6 Å². The van der Waals surface area contributed by atoms with Crippen molar-refractivity contribution in [3.8, 4) is 5.75 Å². The summed E-state index contributed by atoms with van der Waals surface area (Å²) in [6.07, 6.45) is 4.81. The maximum Gasteiger partial charge on any atom is 0.208 e. The largest absolute Gasteiger partial charge is 0.491 e. The third-order valence-electron chi connectivity index (χ3n) is 3.03. The Hall–Kier alpha value is -1.91. The van der Waals surface area contributed by atoms with Gasteiger partial charge in [0.15, 0.2) is 0 Å². The lowest BCUT2D eigenvalue weighted by molar-refractivity contribution is 0.310. The molecule has 0 fully saturated rings. The topological polar surface area (TPSA) is 85.7 Å². The van der Waals surface area contributed by atoms with Gasteiger partial charge in [0, 0.05) is 0 Å². The highest BCUT2D eigenvalue weighted by Crippen LogP contribution is 2.29. The number of guanidine groups is 1. The number of fused-ring (bicyclic) bond motifs is 1. The summed E-state index contributed by atoms with van der Waals surface area (Å²) < 4.78 is 5.77. The van der Waals surface area contributed by atoms with Gasteiger partial charge in [-0.2, -0.15) is 0 Å². The molecule has 0 saturated heterocycles. The van der Waals surface area contributed by atoms with Gasteiger partial charge in [-0.25, -0.2) is 0 Å². The third-order valence-corrected chi connectivity index (χ3v) is 3.03. The van der Waals surface area contributed by atoms with Gasteiger partial charge in [-0.05, 0) is 42.9 Å². The molecule has 0 amide bonds. The zero-order valence-electron chi connectivity index (χ0n) is 10.5. The van der Waals surface area contributed by atoms with Crippen molar-refractivity contribution in [2.45, 2.75) is 25.7 Å². The van der Waals surface area contributed by atoms with Crippen LogP contribution in [-0.4, -0.2) is 19.1 Å². The third kappa shape index (κ3) is 3.29. The van der Waals surface area contributed by atoms with Crippen LogP contribution in [0.25, 0.3) is 0 Å². The van der Waals surface area contributed by atoms with Crippen LogP contribution in [0.5, 0.6) is 5.75 Å². The van der Waals surface area contributed by atoms with Crippen LogP contribution in [0.3, 0.4) is 0 Å². The highest BCUT2D eigenvalue weighted by molar-refractivity contribution is 5.75. The Bertz CT molecular complexity index is 427. The first-order valence-electron chi connectivity index (χ1n) is 6.32. The number of hydrogen-bond donors (Lipinski definition) is 3.